The lowest BCUT2D eigenvalue weighted by atomic mass is 10.1. The second kappa shape index (κ2) is 3.95. The number of benzene rings is 1. The van der Waals surface area contributed by atoms with E-state index in [1.165, 1.54) is 0 Å². The first-order valence-corrected chi connectivity index (χ1v) is 3.62. The molecule has 0 N–H and O–H groups in total. The molecule has 5 heteroatoms. The van der Waals surface area contributed by atoms with E-state index in [1.807, 2.05) is 0 Å². The van der Waals surface area contributed by atoms with Gasteiger partial charge in [-0.2, -0.15) is 0 Å². The van der Waals surface area contributed by atoms with Crippen molar-refractivity contribution in [3.05, 3.63) is 34.9 Å². The highest BCUT2D eigenvalue weighted by Gasteiger charge is 2.15. The Hall–Kier alpha value is -1.78. The molecule has 0 aliphatic heterocycles. The molecular formula is C9H6F2O3. The first kappa shape index (κ1) is 10.3. The molecule has 1 aromatic carbocycles. The van der Waals surface area contributed by atoms with E-state index in [9.17, 15) is 18.4 Å². The van der Waals surface area contributed by atoms with Gasteiger partial charge in [-0.15, -0.1) is 0 Å². The molecule has 1 rings (SSSR count). The van der Waals surface area contributed by atoms with Gasteiger partial charge in [0.25, 0.3) is 0 Å². The van der Waals surface area contributed by atoms with E-state index >= 15 is 0 Å². The molecule has 0 unspecified atom stereocenters. The van der Waals surface area contributed by atoms with Crippen LogP contribution in [0.25, 0.3) is 0 Å². The topological polar surface area (TPSA) is 43.4 Å². The van der Waals surface area contributed by atoms with Crippen LogP contribution in [-0.4, -0.2) is 19.4 Å². The van der Waals surface area contributed by atoms with Crippen LogP contribution in [0.1, 0.15) is 20.7 Å². The quantitative estimate of drug-likeness (QED) is 0.537. The van der Waals surface area contributed by atoms with Gasteiger partial charge in [0.1, 0.15) is 0 Å². The summed E-state index contributed by atoms with van der Waals surface area (Å²) in [7, 11) is 1.08. The Labute approximate surface area is 78.3 Å². The van der Waals surface area contributed by atoms with Crippen LogP contribution in [0.3, 0.4) is 0 Å². The highest BCUT2D eigenvalue weighted by Crippen LogP contribution is 2.14. The third kappa shape index (κ3) is 1.76. The van der Waals surface area contributed by atoms with Crippen molar-refractivity contribution in [3.63, 3.8) is 0 Å². The summed E-state index contributed by atoms with van der Waals surface area (Å²) in [5.74, 6) is -3.26. The van der Waals surface area contributed by atoms with Gasteiger partial charge in [-0.05, 0) is 12.1 Å². The summed E-state index contributed by atoms with van der Waals surface area (Å²) in [6, 6.07) is 1.28. The molecule has 1 aromatic rings. The number of methoxy groups -OCH3 is 1. The molecule has 0 saturated carbocycles. The van der Waals surface area contributed by atoms with Crippen molar-refractivity contribution in [1.29, 1.82) is 0 Å². The molecule has 0 aliphatic rings. The predicted octanol–water partition coefficient (Wildman–Crippen LogP) is 1.56. The molecule has 74 valence electrons. The number of aldehydes is 1. The third-order valence-corrected chi connectivity index (χ3v) is 1.62. The van der Waals surface area contributed by atoms with Gasteiger partial charge >= 0.3 is 5.97 Å². The van der Waals surface area contributed by atoms with Gasteiger partial charge in [0.05, 0.1) is 12.7 Å². The van der Waals surface area contributed by atoms with Crippen LogP contribution in [0.15, 0.2) is 12.1 Å². The Bertz CT molecular complexity index is 388. The number of hydrogen-bond donors (Lipinski definition) is 0. The smallest absolute Gasteiger partial charge is 0.338 e. The number of hydrogen-bond acceptors (Lipinski definition) is 3. The molecule has 0 bridgehead atoms. The second-order valence-electron chi connectivity index (χ2n) is 2.46. The minimum absolute atomic E-state index is 0.240. The minimum atomic E-state index is -1.20. The van der Waals surface area contributed by atoms with Crippen molar-refractivity contribution < 1.29 is 23.1 Å². The van der Waals surface area contributed by atoms with Crippen LogP contribution in [-0.2, 0) is 4.74 Å². The summed E-state index contributed by atoms with van der Waals surface area (Å²) >= 11 is 0. The van der Waals surface area contributed by atoms with Crippen LogP contribution in [0.5, 0.6) is 0 Å². The largest absolute Gasteiger partial charge is 0.465 e. The molecule has 0 radical (unpaired) electrons. The summed E-state index contributed by atoms with van der Waals surface area (Å²) in [5.41, 5.74) is -0.530. The van der Waals surface area contributed by atoms with Crippen molar-refractivity contribution in [1.82, 2.24) is 0 Å². The second-order valence-corrected chi connectivity index (χ2v) is 2.46. The number of halogens is 2. The van der Waals surface area contributed by atoms with Crippen LogP contribution in [0, 0.1) is 11.6 Å². The molecule has 0 aliphatic carbocycles. The lowest BCUT2D eigenvalue weighted by Gasteiger charge is -2.02. The predicted molar refractivity (Wildman–Crippen MR) is 43.1 cm³/mol. The Kier molecular flexibility index (Phi) is 2.91. The fraction of sp³-hybridized carbons (Fsp3) is 0.111. The van der Waals surface area contributed by atoms with Gasteiger partial charge in [0.2, 0.25) is 0 Å². The van der Waals surface area contributed by atoms with E-state index in [-0.39, 0.29) is 17.4 Å². The van der Waals surface area contributed by atoms with E-state index in [0.29, 0.717) is 12.1 Å². The normalized spacial score (nSPS) is 9.64. The van der Waals surface area contributed by atoms with Crippen molar-refractivity contribution >= 4 is 12.3 Å². The maximum Gasteiger partial charge on any atom is 0.338 e. The summed E-state index contributed by atoms with van der Waals surface area (Å²) in [6.45, 7) is 0. The summed E-state index contributed by atoms with van der Waals surface area (Å²) in [5, 5.41) is 0. The molecule has 3 nitrogen and oxygen atoms in total. The monoisotopic (exact) mass is 200 g/mol. The molecule has 0 saturated heterocycles. The standard InChI is InChI=1S/C9H6F2O3/c1-14-9(13)6-3-8(11)7(10)2-5(6)4-12/h2-4H,1H3. The Balaban J connectivity index is 3.34. The number of carbonyl (C=O) groups is 2. The third-order valence-electron chi connectivity index (χ3n) is 1.62. The van der Waals surface area contributed by atoms with Crippen LogP contribution >= 0.6 is 0 Å². The minimum Gasteiger partial charge on any atom is -0.465 e. The van der Waals surface area contributed by atoms with Gasteiger partial charge in [-0.1, -0.05) is 0 Å². The van der Waals surface area contributed by atoms with Gasteiger partial charge < -0.3 is 4.74 Å². The van der Waals surface area contributed by atoms with Crippen molar-refractivity contribution in [2.45, 2.75) is 0 Å². The molecular weight excluding hydrogens is 194 g/mol. The molecule has 0 atom stereocenters. The zero-order chi connectivity index (χ0) is 10.7. The van der Waals surface area contributed by atoms with Gasteiger partial charge in [0, 0.05) is 5.56 Å². The number of rotatable bonds is 2. The van der Waals surface area contributed by atoms with E-state index in [2.05, 4.69) is 4.74 Å². The SMILES string of the molecule is COC(=O)c1cc(F)c(F)cc1C=O. The molecule has 0 spiro atoms. The molecule has 0 aromatic heterocycles. The van der Waals surface area contributed by atoms with Crippen LogP contribution in [0.4, 0.5) is 8.78 Å². The lowest BCUT2D eigenvalue weighted by Crippen LogP contribution is -2.07. The lowest BCUT2D eigenvalue weighted by molar-refractivity contribution is 0.0597. The average Bonchev–Trinajstić information content (AvgIpc) is 2.20. The Morgan fingerprint density at radius 3 is 2.43 bits per heavy atom. The van der Waals surface area contributed by atoms with E-state index in [1.54, 1.807) is 0 Å². The van der Waals surface area contributed by atoms with Crippen molar-refractivity contribution in [2.75, 3.05) is 7.11 Å². The van der Waals surface area contributed by atoms with E-state index < -0.39 is 17.6 Å². The van der Waals surface area contributed by atoms with Crippen LogP contribution < -0.4 is 0 Å². The Morgan fingerprint density at radius 2 is 1.93 bits per heavy atom. The number of ether oxygens (including phenoxy) is 1. The number of carbonyl (C=O) groups excluding carboxylic acids is 2. The molecule has 0 heterocycles. The van der Waals surface area contributed by atoms with Gasteiger partial charge in [-0.3, -0.25) is 4.79 Å². The van der Waals surface area contributed by atoms with E-state index in [4.69, 9.17) is 0 Å². The highest BCUT2D eigenvalue weighted by atomic mass is 19.2. The maximum absolute atomic E-state index is 12.7. The number of esters is 1. The molecule has 14 heavy (non-hydrogen) atoms. The summed E-state index contributed by atoms with van der Waals surface area (Å²) in [4.78, 5) is 21.4. The molecule has 0 amide bonds. The van der Waals surface area contributed by atoms with Crippen molar-refractivity contribution in [2.24, 2.45) is 0 Å². The van der Waals surface area contributed by atoms with E-state index in [0.717, 1.165) is 7.11 Å². The summed E-state index contributed by atoms with van der Waals surface area (Å²) < 4.78 is 29.6. The summed E-state index contributed by atoms with van der Waals surface area (Å²) in [6.07, 6.45) is 0.259. The fourth-order valence-electron chi connectivity index (χ4n) is 0.946. The highest BCUT2D eigenvalue weighted by molar-refractivity contribution is 5.98. The van der Waals surface area contributed by atoms with Crippen LogP contribution in [0.2, 0.25) is 0 Å². The zero-order valence-electron chi connectivity index (χ0n) is 7.21. The van der Waals surface area contributed by atoms with Gasteiger partial charge in [-0.25, -0.2) is 13.6 Å². The van der Waals surface area contributed by atoms with Crippen molar-refractivity contribution in [3.8, 4) is 0 Å². The maximum atomic E-state index is 12.7. The first-order valence-electron chi connectivity index (χ1n) is 3.62. The zero-order valence-corrected chi connectivity index (χ0v) is 7.21. The van der Waals surface area contributed by atoms with Gasteiger partial charge in [0.15, 0.2) is 17.9 Å². The fourth-order valence-corrected chi connectivity index (χ4v) is 0.946. The first-order chi connectivity index (χ1) is 6.60. The Morgan fingerprint density at radius 1 is 1.36 bits per heavy atom. The average molecular weight is 200 g/mol. The molecule has 0 fully saturated rings.